The number of nitro groups is 1. The first kappa shape index (κ1) is 13.7. The molecule has 0 atom stereocenters. The fourth-order valence-corrected chi connectivity index (χ4v) is 2.19. The summed E-state index contributed by atoms with van der Waals surface area (Å²) in [6.45, 7) is 0. The number of nitrogens with two attached hydrogens (primary N) is 1. The zero-order valence-electron chi connectivity index (χ0n) is 10.0. The highest BCUT2D eigenvalue weighted by atomic mass is 32.2. The smallest absolute Gasteiger partial charge is 0.283 e. The molecule has 0 spiro atoms. The highest BCUT2D eigenvalue weighted by molar-refractivity contribution is 7.99. The SMILES string of the molecule is NC(=NO)c1cnc(Sc2ccccc2[N+](=O)[O-])cn1. The lowest BCUT2D eigenvalue weighted by atomic mass is 10.3. The van der Waals surface area contributed by atoms with E-state index in [2.05, 4.69) is 15.1 Å². The van der Waals surface area contributed by atoms with E-state index in [9.17, 15) is 10.1 Å². The maximum Gasteiger partial charge on any atom is 0.283 e. The summed E-state index contributed by atoms with van der Waals surface area (Å²) in [4.78, 5) is 18.9. The van der Waals surface area contributed by atoms with Gasteiger partial charge in [-0.2, -0.15) is 0 Å². The molecular weight excluding hydrogens is 282 g/mol. The van der Waals surface area contributed by atoms with E-state index < -0.39 is 4.92 Å². The third kappa shape index (κ3) is 3.01. The molecule has 1 aromatic carbocycles. The van der Waals surface area contributed by atoms with Gasteiger partial charge in [0.1, 0.15) is 10.7 Å². The lowest BCUT2D eigenvalue weighted by molar-refractivity contribution is -0.387. The third-order valence-corrected chi connectivity index (χ3v) is 3.26. The molecule has 0 fully saturated rings. The number of rotatable bonds is 4. The Bertz CT molecular complexity index is 659. The minimum atomic E-state index is -0.458. The quantitative estimate of drug-likeness (QED) is 0.288. The van der Waals surface area contributed by atoms with Gasteiger partial charge in [-0.3, -0.25) is 10.1 Å². The van der Waals surface area contributed by atoms with Crippen molar-refractivity contribution in [3.63, 3.8) is 0 Å². The molecule has 0 aliphatic rings. The van der Waals surface area contributed by atoms with E-state index >= 15 is 0 Å². The third-order valence-electron chi connectivity index (χ3n) is 2.27. The first-order valence-electron chi connectivity index (χ1n) is 5.33. The zero-order valence-corrected chi connectivity index (χ0v) is 10.8. The van der Waals surface area contributed by atoms with Crippen LogP contribution in [-0.2, 0) is 0 Å². The van der Waals surface area contributed by atoms with Crippen LogP contribution in [0.25, 0.3) is 0 Å². The van der Waals surface area contributed by atoms with E-state index in [1.54, 1.807) is 18.2 Å². The Hall–Kier alpha value is -2.68. The van der Waals surface area contributed by atoms with Gasteiger partial charge >= 0.3 is 0 Å². The van der Waals surface area contributed by atoms with E-state index in [1.165, 1.54) is 18.5 Å². The summed E-state index contributed by atoms with van der Waals surface area (Å²) < 4.78 is 0. The van der Waals surface area contributed by atoms with Gasteiger partial charge in [0, 0.05) is 6.07 Å². The molecule has 0 radical (unpaired) electrons. The van der Waals surface area contributed by atoms with Crippen molar-refractivity contribution in [2.75, 3.05) is 0 Å². The molecule has 0 bridgehead atoms. The van der Waals surface area contributed by atoms with Gasteiger partial charge in [-0.1, -0.05) is 29.1 Å². The van der Waals surface area contributed by atoms with Crippen molar-refractivity contribution in [2.45, 2.75) is 9.92 Å². The van der Waals surface area contributed by atoms with Crippen LogP contribution in [0.5, 0.6) is 0 Å². The Balaban J connectivity index is 2.25. The number of hydrogen-bond donors (Lipinski definition) is 2. The topological polar surface area (TPSA) is 128 Å². The molecule has 0 saturated carbocycles. The van der Waals surface area contributed by atoms with Crippen LogP contribution < -0.4 is 5.73 Å². The van der Waals surface area contributed by atoms with E-state index in [0.717, 1.165) is 11.8 Å². The molecule has 1 aromatic heterocycles. The van der Waals surface area contributed by atoms with Crippen molar-refractivity contribution in [1.82, 2.24) is 9.97 Å². The average molecular weight is 291 g/mol. The molecule has 1 heterocycles. The molecule has 3 N–H and O–H groups in total. The predicted octanol–water partition coefficient (Wildman–Crippen LogP) is 1.63. The largest absolute Gasteiger partial charge is 0.409 e. The molecule has 2 rings (SSSR count). The van der Waals surface area contributed by atoms with Gasteiger partial charge < -0.3 is 10.9 Å². The Morgan fingerprint density at radius 1 is 1.35 bits per heavy atom. The fourth-order valence-electron chi connectivity index (χ4n) is 1.36. The Labute approximate surface area is 117 Å². The number of oxime groups is 1. The molecule has 0 aliphatic heterocycles. The van der Waals surface area contributed by atoms with Gasteiger partial charge in [0.25, 0.3) is 5.69 Å². The van der Waals surface area contributed by atoms with Crippen LogP contribution in [0.15, 0.2) is 51.7 Å². The van der Waals surface area contributed by atoms with Gasteiger partial charge in [-0.25, -0.2) is 9.97 Å². The van der Waals surface area contributed by atoms with Gasteiger partial charge in [-0.15, -0.1) is 0 Å². The summed E-state index contributed by atoms with van der Waals surface area (Å²) in [6.07, 6.45) is 2.72. The number of amidine groups is 1. The normalized spacial score (nSPS) is 11.3. The Morgan fingerprint density at radius 2 is 2.10 bits per heavy atom. The summed E-state index contributed by atoms with van der Waals surface area (Å²) in [5, 5.41) is 22.7. The predicted molar refractivity (Wildman–Crippen MR) is 71.8 cm³/mol. The van der Waals surface area contributed by atoms with Gasteiger partial charge in [0.2, 0.25) is 0 Å². The van der Waals surface area contributed by atoms with Crippen molar-refractivity contribution in [1.29, 1.82) is 0 Å². The highest BCUT2D eigenvalue weighted by Crippen LogP contribution is 2.32. The number of aromatic nitrogens is 2. The molecule has 20 heavy (non-hydrogen) atoms. The molecular formula is C11H9N5O3S. The van der Waals surface area contributed by atoms with Gasteiger partial charge in [-0.05, 0) is 6.07 Å². The van der Waals surface area contributed by atoms with Crippen molar-refractivity contribution >= 4 is 23.3 Å². The van der Waals surface area contributed by atoms with Crippen LogP contribution in [0, 0.1) is 10.1 Å². The Morgan fingerprint density at radius 3 is 2.70 bits per heavy atom. The molecule has 0 saturated heterocycles. The van der Waals surface area contributed by atoms with Crippen molar-refractivity contribution in [3.8, 4) is 0 Å². The molecule has 0 unspecified atom stereocenters. The summed E-state index contributed by atoms with van der Waals surface area (Å²) in [5.74, 6) is -0.153. The number of benzene rings is 1. The van der Waals surface area contributed by atoms with Crippen LogP contribution in [0.4, 0.5) is 5.69 Å². The average Bonchev–Trinajstić information content (AvgIpc) is 2.47. The van der Waals surface area contributed by atoms with Crippen molar-refractivity contribution < 1.29 is 10.1 Å². The van der Waals surface area contributed by atoms with Gasteiger partial charge in [0.15, 0.2) is 5.84 Å². The number of hydrogen-bond acceptors (Lipinski definition) is 7. The van der Waals surface area contributed by atoms with Crippen LogP contribution >= 0.6 is 11.8 Å². The number of nitrogens with zero attached hydrogens (tertiary/aromatic N) is 4. The van der Waals surface area contributed by atoms with Crippen LogP contribution in [-0.4, -0.2) is 25.9 Å². The molecule has 0 amide bonds. The Kier molecular flexibility index (Phi) is 4.11. The summed E-state index contributed by atoms with van der Waals surface area (Å²) >= 11 is 1.11. The van der Waals surface area contributed by atoms with Crippen LogP contribution in [0.3, 0.4) is 0 Å². The monoisotopic (exact) mass is 291 g/mol. The highest BCUT2D eigenvalue weighted by Gasteiger charge is 2.14. The first-order chi connectivity index (χ1) is 9.61. The minimum absolute atomic E-state index is 0.000175. The van der Waals surface area contributed by atoms with E-state index in [-0.39, 0.29) is 17.2 Å². The number of nitro benzene ring substituents is 1. The second-order valence-corrected chi connectivity index (χ2v) is 4.61. The first-order valence-corrected chi connectivity index (χ1v) is 6.14. The van der Waals surface area contributed by atoms with Crippen LogP contribution in [0.2, 0.25) is 0 Å². The molecule has 102 valence electrons. The lowest BCUT2D eigenvalue weighted by Crippen LogP contribution is -2.15. The lowest BCUT2D eigenvalue weighted by Gasteiger charge is -2.02. The van der Waals surface area contributed by atoms with Crippen molar-refractivity contribution in [2.24, 2.45) is 10.9 Å². The fraction of sp³-hybridized carbons (Fsp3) is 0. The second-order valence-electron chi connectivity index (χ2n) is 3.55. The van der Waals surface area contributed by atoms with E-state index in [1.807, 2.05) is 0 Å². The minimum Gasteiger partial charge on any atom is -0.409 e. The second kappa shape index (κ2) is 5.97. The molecule has 2 aromatic rings. The maximum absolute atomic E-state index is 10.9. The summed E-state index contributed by atoms with van der Waals surface area (Å²) in [5.41, 5.74) is 5.58. The number of para-hydroxylation sites is 1. The van der Waals surface area contributed by atoms with Crippen LogP contribution in [0.1, 0.15) is 5.69 Å². The summed E-state index contributed by atoms with van der Waals surface area (Å²) in [7, 11) is 0. The zero-order chi connectivity index (χ0) is 14.5. The van der Waals surface area contributed by atoms with E-state index in [4.69, 9.17) is 10.9 Å². The molecule has 9 heteroatoms. The van der Waals surface area contributed by atoms with E-state index in [0.29, 0.717) is 9.92 Å². The molecule has 8 nitrogen and oxygen atoms in total. The molecule has 0 aliphatic carbocycles. The van der Waals surface area contributed by atoms with Crippen molar-refractivity contribution in [3.05, 3.63) is 52.5 Å². The maximum atomic E-state index is 10.9. The standard InChI is InChI=1S/C11H9N5O3S/c12-11(15-17)7-5-14-10(6-13-7)20-9-4-2-1-3-8(9)16(18)19/h1-6,17H,(H2,12,15). The van der Waals surface area contributed by atoms with Gasteiger partial charge in [0.05, 0.1) is 22.2 Å². The summed E-state index contributed by atoms with van der Waals surface area (Å²) in [6, 6.07) is 6.34.